The minimum absolute atomic E-state index is 0.644. The minimum atomic E-state index is 0.644. The lowest BCUT2D eigenvalue weighted by molar-refractivity contribution is 0.397. The van der Waals surface area contributed by atoms with Crippen molar-refractivity contribution in [2.75, 3.05) is 6.54 Å². The molecule has 1 saturated carbocycles. The first-order chi connectivity index (χ1) is 4.33. The molecule has 1 aliphatic carbocycles. The Kier molecular flexibility index (Phi) is 0.801. The molecule has 2 aliphatic rings. The van der Waals surface area contributed by atoms with Gasteiger partial charge in [-0.1, -0.05) is 6.92 Å². The molecule has 2 unspecified atom stereocenters. The predicted octanol–water partition coefficient (Wildman–Crippen LogP) is 0.808. The lowest BCUT2D eigenvalue weighted by Crippen LogP contribution is -2.18. The zero-order valence-electron chi connectivity index (χ0n) is 5.54. The van der Waals surface area contributed by atoms with Crippen LogP contribution in [0.25, 0.3) is 0 Å². The van der Waals surface area contributed by atoms with Crippen LogP contribution in [0.5, 0.6) is 0 Å². The molecule has 48 valence electrons. The second-order valence-electron chi connectivity index (χ2n) is 3.20. The van der Waals surface area contributed by atoms with E-state index in [2.05, 4.69) is 13.1 Å². The van der Waals surface area contributed by atoms with Gasteiger partial charge in [-0.2, -0.15) is 5.26 Å². The lowest BCUT2D eigenvalue weighted by atomic mass is 10.1. The number of nitrogens with zero attached hydrogens (tertiary/aromatic N) is 2. The Hall–Kier alpha value is -0.710. The second-order valence-corrected chi connectivity index (χ2v) is 3.20. The molecule has 0 spiro atoms. The number of nitriles is 1. The van der Waals surface area contributed by atoms with Crippen LogP contribution >= 0.6 is 0 Å². The molecule has 0 aromatic rings. The molecule has 0 aromatic heterocycles. The molecule has 1 aliphatic heterocycles. The van der Waals surface area contributed by atoms with E-state index in [1.165, 1.54) is 6.42 Å². The van der Waals surface area contributed by atoms with Crippen molar-refractivity contribution in [2.45, 2.75) is 19.4 Å². The van der Waals surface area contributed by atoms with E-state index in [9.17, 15) is 0 Å². The van der Waals surface area contributed by atoms with Crippen LogP contribution in [0.4, 0.5) is 0 Å². The van der Waals surface area contributed by atoms with Gasteiger partial charge in [0.05, 0.1) is 0 Å². The summed E-state index contributed by atoms with van der Waals surface area (Å²) in [4.78, 5) is 1.93. The van der Waals surface area contributed by atoms with Gasteiger partial charge in [0, 0.05) is 12.6 Å². The average Bonchev–Trinajstić information content (AvgIpc) is 2.56. The van der Waals surface area contributed by atoms with E-state index >= 15 is 0 Å². The van der Waals surface area contributed by atoms with E-state index in [-0.39, 0.29) is 0 Å². The van der Waals surface area contributed by atoms with Gasteiger partial charge in [-0.15, -0.1) is 0 Å². The van der Waals surface area contributed by atoms with E-state index in [4.69, 9.17) is 5.26 Å². The highest BCUT2D eigenvalue weighted by molar-refractivity contribution is 5.08. The SMILES string of the molecule is C[C@@H]1CN(C#N)C2CC21. The Morgan fingerprint density at radius 3 is 2.67 bits per heavy atom. The standard InChI is InChI=1S/C7H10N2/c1-5-3-9(4-8)7-2-6(5)7/h5-7H,2-3H2,1H3/t5-,6?,7?/m1/s1. The Morgan fingerprint density at radius 2 is 2.44 bits per heavy atom. The van der Waals surface area contributed by atoms with E-state index in [0.29, 0.717) is 6.04 Å². The van der Waals surface area contributed by atoms with Crippen molar-refractivity contribution in [3.8, 4) is 6.19 Å². The summed E-state index contributed by atoms with van der Waals surface area (Å²) in [6, 6.07) is 0.644. The monoisotopic (exact) mass is 122 g/mol. The van der Waals surface area contributed by atoms with Gasteiger partial charge in [-0.3, -0.25) is 0 Å². The van der Waals surface area contributed by atoms with Crippen molar-refractivity contribution in [3.63, 3.8) is 0 Å². The van der Waals surface area contributed by atoms with Gasteiger partial charge in [0.2, 0.25) is 0 Å². The summed E-state index contributed by atoms with van der Waals surface area (Å²) < 4.78 is 0. The second kappa shape index (κ2) is 1.41. The molecule has 3 atom stereocenters. The molecule has 2 rings (SSSR count). The van der Waals surface area contributed by atoms with Crippen LogP contribution in [-0.4, -0.2) is 17.5 Å². The molecule has 2 heteroatoms. The van der Waals surface area contributed by atoms with Crippen LogP contribution in [0.15, 0.2) is 0 Å². The number of rotatable bonds is 0. The Labute approximate surface area is 55.1 Å². The molecular weight excluding hydrogens is 112 g/mol. The van der Waals surface area contributed by atoms with Crippen molar-refractivity contribution >= 4 is 0 Å². The molecule has 0 N–H and O–H groups in total. The summed E-state index contributed by atoms with van der Waals surface area (Å²) in [5, 5.41) is 8.56. The van der Waals surface area contributed by atoms with Crippen LogP contribution in [0.2, 0.25) is 0 Å². The number of hydrogen-bond donors (Lipinski definition) is 0. The molecule has 9 heavy (non-hydrogen) atoms. The minimum Gasteiger partial charge on any atom is -0.307 e. The highest BCUT2D eigenvalue weighted by Gasteiger charge is 2.51. The van der Waals surface area contributed by atoms with Crippen molar-refractivity contribution in [3.05, 3.63) is 0 Å². The summed E-state index contributed by atoms with van der Waals surface area (Å²) in [5.74, 6) is 1.64. The topological polar surface area (TPSA) is 27.0 Å². The molecular formula is C7H10N2. The summed E-state index contributed by atoms with van der Waals surface area (Å²) in [6.45, 7) is 3.24. The molecule has 2 nitrogen and oxygen atoms in total. The first-order valence-electron chi connectivity index (χ1n) is 3.49. The fourth-order valence-electron chi connectivity index (χ4n) is 1.87. The molecule has 1 saturated heterocycles. The van der Waals surface area contributed by atoms with Crippen LogP contribution in [-0.2, 0) is 0 Å². The van der Waals surface area contributed by atoms with Gasteiger partial charge in [0.15, 0.2) is 6.19 Å². The van der Waals surface area contributed by atoms with Gasteiger partial charge in [0.25, 0.3) is 0 Å². The van der Waals surface area contributed by atoms with Gasteiger partial charge in [-0.05, 0) is 18.3 Å². The number of likely N-dealkylation sites (tertiary alicyclic amines) is 1. The zero-order valence-corrected chi connectivity index (χ0v) is 5.54. The quantitative estimate of drug-likeness (QED) is 0.444. The summed E-state index contributed by atoms with van der Waals surface area (Å²) in [7, 11) is 0. The number of hydrogen-bond acceptors (Lipinski definition) is 2. The van der Waals surface area contributed by atoms with Crippen molar-refractivity contribution in [2.24, 2.45) is 11.8 Å². The maximum Gasteiger partial charge on any atom is 0.179 e. The van der Waals surface area contributed by atoms with E-state index in [1.807, 2.05) is 4.90 Å². The summed E-state index contributed by atoms with van der Waals surface area (Å²) >= 11 is 0. The predicted molar refractivity (Wildman–Crippen MR) is 33.4 cm³/mol. The first kappa shape index (κ1) is 5.10. The largest absolute Gasteiger partial charge is 0.307 e. The van der Waals surface area contributed by atoms with Gasteiger partial charge in [0.1, 0.15) is 0 Å². The molecule has 1 heterocycles. The van der Waals surface area contributed by atoms with Crippen LogP contribution in [0.1, 0.15) is 13.3 Å². The van der Waals surface area contributed by atoms with Crippen molar-refractivity contribution in [1.29, 1.82) is 5.26 Å². The Balaban J connectivity index is 2.10. The fourth-order valence-corrected chi connectivity index (χ4v) is 1.87. The lowest BCUT2D eigenvalue weighted by Gasteiger charge is -2.09. The summed E-state index contributed by atoms with van der Waals surface area (Å²) in [6.07, 6.45) is 3.49. The van der Waals surface area contributed by atoms with Gasteiger partial charge in [-0.25, -0.2) is 0 Å². The molecule has 0 radical (unpaired) electrons. The molecule has 2 fully saturated rings. The Bertz CT molecular complexity index is 170. The summed E-state index contributed by atoms with van der Waals surface area (Å²) in [5.41, 5.74) is 0. The van der Waals surface area contributed by atoms with E-state index in [0.717, 1.165) is 18.4 Å². The van der Waals surface area contributed by atoms with Crippen LogP contribution in [0, 0.1) is 23.3 Å². The maximum atomic E-state index is 8.56. The fraction of sp³-hybridized carbons (Fsp3) is 0.857. The first-order valence-corrected chi connectivity index (χ1v) is 3.49. The normalized spacial score (nSPS) is 46.2. The molecule has 0 amide bonds. The third kappa shape index (κ3) is 0.548. The highest BCUT2D eigenvalue weighted by Crippen LogP contribution is 2.47. The molecule has 0 bridgehead atoms. The van der Waals surface area contributed by atoms with Crippen LogP contribution < -0.4 is 0 Å². The smallest absolute Gasteiger partial charge is 0.179 e. The third-order valence-electron chi connectivity index (χ3n) is 2.55. The maximum absolute atomic E-state index is 8.56. The molecule has 0 aromatic carbocycles. The number of piperidine rings is 1. The highest BCUT2D eigenvalue weighted by atomic mass is 15.2. The average molecular weight is 122 g/mol. The third-order valence-corrected chi connectivity index (χ3v) is 2.55. The van der Waals surface area contributed by atoms with Gasteiger partial charge >= 0.3 is 0 Å². The zero-order chi connectivity index (χ0) is 6.43. The Morgan fingerprint density at radius 1 is 1.67 bits per heavy atom. The van der Waals surface area contributed by atoms with Crippen LogP contribution in [0.3, 0.4) is 0 Å². The van der Waals surface area contributed by atoms with Crippen molar-refractivity contribution in [1.82, 2.24) is 4.90 Å². The van der Waals surface area contributed by atoms with E-state index < -0.39 is 0 Å². The number of fused-ring (bicyclic) bond motifs is 1. The van der Waals surface area contributed by atoms with E-state index in [1.54, 1.807) is 0 Å². The van der Waals surface area contributed by atoms with Gasteiger partial charge < -0.3 is 4.90 Å². The van der Waals surface area contributed by atoms with Crippen molar-refractivity contribution < 1.29 is 0 Å².